The molecular formula is C35H48FN5O4S2. The summed E-state index contributed by atoms with van der Waals surface area (Å²) in [5, 5.41) is 0.613. The molecule has 3 aliphatic rings. The lowest BCUT2D eigenvalue weighted by molar-refractivity contribution is 0.0359. The molecule has 3 aromatic rings. The zero-order valence-corrected chi connectivity index (χ0v) is 29.7. The Labute approximate surface area is 282 Å². The first kappa shape index (κ1) is 34.4. The van der Waals surface area contributed by atoms with E-state index < -0.39 is 31.7 Å². The topological polar surface area (TPSA) is 92.3 Å². The molecule has 1 atom stereocenters. The molecule has 1 unspecified atom stereocenters. The van der Waals surface area contributed by atoms with Crippen molar-refractivity contribution in [2.24, 2.45) is 0 Å². The van der Waals surface area contributed by atoms with Gasteiger partial charge in [0, 0.05) is 81.1 Å². The lowest BCUT2D eigenvalue weighted by atomic mass is 9.96. The maximum absolute atomic E-state index is 15.3. The Morgan fingerprint density at radius 2 is 1.55 bits per heavy atom. The number of halogens is 1. The van der Waals surface area contributed by atoms with Gasteiger partial charge in [0.1, 0.15) is 27.6 Å². The van der Waals surface area contributed by atoms with E-state index in [-0.39, 0.29) is 10.6 Å². The van der Waals surface area contributed by atoms with E-state index in [1.54, 1.807) is 31.4 Å². The summed E-state index contributed by atoms with van der Waals surface area (Å²) in [6.07, 6.45) is 7.12. The smallest absolute Gasteiger partial charge is 0.213 e. The molecule has 0 bridgehead atoms. The fourth-order valence-corrected chi connectivity index (χ4v) is 9.63. The predicted molar refractivity (Wildman–Crippen MR) is 185 cm³/mol. The second-order valence-electron chi connectivity index (χ2n) is 13.3. The zero-order valence-electron chi connectivity index (χ0n) is 28.0. The molecule has 0 spiro atoms. The number of hydrogen-bond acceptors (Lipinski definition) is 9. The molecule has 4 heterocycles. The summed E-state index contributed by atoms with van der Waals surface area (Å²) in [5.41, 5.74) is 1.12. The lowest BCUT2D eigenvalue weighted by Gasteiger charge is -2.46. The van der Waals surface area contributed by atoms with Crippen molar-refractivity contribution in [3.05, 3.63) is 48.4 Å². The number of likely N-dealkylation sites (tertiary alicyclic amines) is 1. The second-order valence-corrected chi connectivity index (χ2v) is 16.6. The molecule has 0 radical (unpaired) electrons. The Kier molecular flexibility index (Phi) is 10.6. The number of piperidine rings is 2. The number of fused-ring (bicyclic) bond motifs is 1. The van der Waals surface area contributed by atoms with Gasteiger partial charge in [0.15, 0.2) is 4.90 Å². The van der Waals surface area contributed by atoms with E-state index in [0.717, 1.165) is 58.2 Å². The number of anilines is 1. The zero-order chi connectivity index (χ0) is 33.3. The summed E-state index contributed by atoms with van der Waals surface area (Å²) in [6.45, 7) is 14.8. The van der Waals surface area contributed by atoms with Gasteiger partial charge in [-0.05, 0) is 95.0 Å². The molecule has 0 aliphatic carbocycles. The number of aromatic nitrogens is 1. The van der Waals surface area contributed by atoms with Crippen LogP contribution in [-0.4, -0.2) is 116 Å². The van der Waals surface area contributed by atoms with Crippen molar-refractivity contribution in [3.63, 3.8) is 0 Å². The van der Waals surface area contributed by atoms with E-state index in [1.165, 1.54) is 31.2 Å². The minimum absolute atomic E-state index is 0.0380. The standard InChI is InChI=1S/C35H48FN5O4S2/c1-5-45-28-6-9-33(31(36)22-28)47(43,44)34-24-37-32-8-7-29(46(4)42)23-30(32)35(34)41-16-12-26(13-17-41)39-14-10-27(11-15-39)40-20-18-38(19-21-40)25(2)3/h6-9,22-27H,5,10-21H2,1-4H3. The van der Waals surface area contributed by atoms with Crippen LogP contribution in [0.1, 0.15) is 46.5 Å². The maximum atomic E-state index is 15.3. The molecular weight excluding hydrogens is 638 g/mol. The first-order valence-electron chi connectivity index (χ1n) is 17.0. The first-order chi connectivity index (χ1) is 22.6. The molecule has 3 aliphatic heterocycles. The molecule has 47 heavy (non-hydrogen) atoms. The van der Waals surface area contributed by atoms with Gasteiger partial charge < -0.3 is 19.1 Å². The van der Waals surface area contributed by atoms with Crippen LogP contribution in [0.3, 0.4) is 0 Å². The number of sulfone groups is 1. The van der Waals surface area contributed by atoms with Crippen LogP contribution in [-0.2, 0) is 21.0 Å². The summed E-state index contributed by atoms with van der Waals surface area (Å²) in [5.74, 6) is -0.593. The van der Waals surface area contributed by atoms with Gasteiger partial charge in [-0.3, -0.25) is 14.8 Å². The third-order valence-electron chi connectivity index (χ3n) is 10.3. The van der Waals surface area contributed by atoms with Crippen molar-refractivity contribution >= 4 is 37.6 Å². The van der Waals surface area contributed by atoms with Crippen LogP contribution < -0.4 is 9.64 Å². The number of nitrogens with zero attached hydrogens (tertiary/aromatic N) is 5. The monoisotopic (exact) mass is 685 g/mol. The molecule has 9 nitrogen and oxygen atoms in total. The Bertz CT molecular complexity index is 1650. The number of piperazine rings is 1. The van der Waals surface area contributed by atoms with Gasteiger partial charge in [-0.15, -0.1) is 0 Å². The average Bonchev–Trinajstić information content (AvgIpc) is 3.07. The normalized spacial score (nSPS) is 20.7. The van der Waals surface area contributed by atoms with Crippen LogP contribution in [0.5, 0.6) is 5.75 Å². The van der Waals surface area contributed by atoms with E-state index in [9.17, 15) is 13.0 Å². The van der Waals surface area contributed by atoms with Crippen LogP contribution >= 0.6 is 0 Å². The van der Waals surface area contributed by atoms with Crippen LogP contribution in [0.25, 0.3) is 10.9 Å². The van der Waals surface area contributed by atoms with E-state index in [1.807, 2.05) is 0 Å². The van der Waals surface area contributed by atoms with Gasteiger partial charge in [0.25, 0.3) is 0 Å². The fraction of sp³-hybridized carbons (Fsp3) is 0.571. The largest absolute Gasteiger partial charge is 0.612 e. The van der Waals surface area contributed by atoms with Crippen LogP contribution in [0.15, 0.2) is 57.3 Å². The summed E-state index contributed by atoms with van der Waals surface area (Å²) in [6, 6.07) is 10.9. The van der Waals surface area contributed by atoms with Crippen molar-refractivity contribution in [3.8, 4) is 5.75 Å². The Morgan fingerprint density at radius 1 is 0.915 bits per heavy atom. The number of ether oxygens (including phenoxy) is 1. The summed E-state index contributed by atoms with van der Waals surface area (Å²) in [7, 11) is -4.29. The summed E-state index contributed by atoms with van der Waals surface area (Å²) < 4.78 is 61.5. The van der Waals surface area contributed by atoms with Gasteiger partial charge in [-0.25, -0.2) is 12.8 Å². The summed E-state index contributed by atoms with van der Waals surface area (Å²) in [4.78, 5) is 14.6. The van der Waals surface area contributed by atoms with E-state index >= 15 is 4.39 Å². The minimum Gasteiger partial charge on any atom is -0.612 e. The van der Waals surface area contributed by atoms with Crippen molar-refractivity contribution in [2.75, 3.05) is 70.1 Å². The highest BCUT2D eigenvalue weighted by Crippen LogP contribution is 2.39. The number of hydrogen-bond donors (Lipinski definition) is 0. The van der Waals surface area contributed by atoms with E-state index in [4.69, 9.17) is 4.74 Å². The highest BCUT2D eigenvalue weighted by molar-refractivity contribution is 7.91. The van der Waals surface area contributed by atoms with Crippen molar-refractivity contribution in [2.45, 2.75) is 79.3 Å². The molecule has 3 fully saturated rings. The van der Waals surface area contributed by atoms with E-state index in [0.29, 0.717) is 59.3 Å². The van der Waals surface area contributed by atoms with Crippen LogP contribution in [0, 0.1) is 5.82 Å². The first-order valence-corrected chi connectivity index (χ1v) is 20.0. The van der Waals surface area contributed by atoms with Crippen LogP contribution in [0.2, 0.25) is 0 Å². The maximum Gasteiger partial charge on any atom is 0.213 e. The molecule has 256 valence electrons. The molecule has 1 aromatic heterocycles. The highest BCUT2D eigenvalue weighted by Gasteiger charge is 2.35. The van der Waals surface area contributed by atoms with Gasteiger partial charge in [-0.1, -0.05) is 0 Å². The number of benzene rings is 2. The van der Waals surface area contributed by atoms with Gasteiger partial charge >= 0.3 is 0 Å². The Hall–Kier alpha value is -2.48. The lowest BCUT2D eigenvalue weighted by Crippen LogP contribution is -2.56. The number of pyridine rings is 1. The molecule has 0 saturated carbocycles. The molecule has 0 N–H and O–H groups in total. The average molecular weight is 686 g/mol. The van der Waals surface area contributed by atoms with Crippen molar-refractivity contribution < 1.29 is 22.1 Å². The van der Waals surface area contributed by atoms with Gasteiger partial charge in [0.05, 0.1) is 17.8 Å². The van der Waals surface area contributed by atoms with Gasteiger partial charge in [-0.2, -0.15) is 0 Å². The Balaban J connectivity index is 1.21. The summed E-state index contributed by atoms with van der Waals surface area (Å²) >= 11 is -1.27. The predicted octanol–water partition coefficient (Wildman–Crippen LogP) is 4.80. The molecule has 3 saturated heterocycles. The van der Waals surface area contributed by atoms with E-state index in [2.05, 4.69) is 38.4 Å². The third-order valence-corrected chi connectivity index (χ3v) is 13.0. The van der Waals surface area contributed by atoms with Crippen molar-refractivity contribution in [1.29, 1.82) is 0 Å². The number of rotatable bonds is 9. The third kappa shape index (κ3) is 7.28. The van der Waals surface area contributed by atoms with Crippen LogP contribution in [0.4, 0.5) is 10.1 Å². The van der Waals surface area contributed by atoms with Crippen molar-refractivity contribution in [1.82, 2.24) is 19.7 Å². The molecule has 12 heteroatoms. The van der Waals surface area contributed by atoms with Gasteiger partial charge in [0.2, 0.25) is 9.84 Å². The molecule has 0 amide bonds. The SMILES string of the molecule is CCOc1ccc(S(=O)(=O)c2cnc3ccc([S+](C)[O-])cc3c2N2CCC(N3CCC(N4CCN(C(C)C)CC4)CC3)CC2)c(F)c1. The minimum atomic E-state index is -4.29. The molecule has 6 rings (SSSR count). The Morgan fingerprint density at radius 3 is 2.15 bits per heavy atom. The molecule has 2 aromatic carbocycles. The fourth-order valence-electron chi connectivity index (χ4n) is 7.61. The highest BCUT2D eigenvalue weighted by atomic mass is 32.2. The second kappa shape index (κ2) is 14.6. The quantitative estimate of drug-likeness (QED) is 0.295.